The average molecular weight is 158 g/mol. The fourth-order valence-electron chi connectivity index (χ4n) is 0.983. The highest BCUT2D eigenvalue weighted by Gasteiger charge is 2.14. The molecule has 0 bridgehead atoms. The molecule has 0 amide bonds. The van der Waals surface area contributed by atoms with Crippen molar-refractivity contribution in [2.45, 2.75) is 46.5 Å². The van der Waals surface area contributed by atoms with Gasteiger partial charge in [0.15, 0.2) is 0 Å². The predicted molar refractivity (Wildman–Crippen MR) is 51.6 cm³/mol. The van der Waals surface area contributed by atoms with E-state index < -0.39 is 0 Å². The van der Waals surface area contributed by atoms with E-state index >= 15 is 0 Å². The number of rotatable bonds is 5. The van der Waals surface area contributed by atoms with Crippen LogP contribution in [0.15, 0.2) is 0 Å². The van der Waals surface area contributed by atoms with E-state index in [1.54, 1.807) is 0 Å². The normalized spacial score (nSPS) is 11.5. The van der Waals surface area contributed by atoms with Crippen LogP contribution in [-0.4, -0.2) is 5.37 Å². The van der Waals surface area contributed by atoms with Crippen LogP contribution in [-0.2, 0) is 0 Å². The summed E-state index contributed by atoms with van der Waals surface area (Å²) in [6, 6.07) is 0. The number of hydrogen-bond donors (Lipinski definition) is 0. The first-order chi connectivity index (χ1) is 4.62. The minimum absolute atomic E-state index is 0.442. The van der Waals surface area contributed by atoms with Crippen LogP contribution < -0.4 is 0 Å². The molecule has 0 saturated carbocycles. The maximum absolute atomic E-state index is 4.83. The Morgan fingerprint density at radius 3 is 2.40 bits per heavy atom. The predicted octanol–water partition coefficient (Wildman–Crippen LogP) is 3.59. The highest BCUT2D eigenvalue weighted by atomic mass is 32.1. The van der Waals surface area contributed by atoms with Gasteiger partial charge < -0.3 is 0 Å². The lowest BCUT2D eigenvalue weighted by molar-refractivity contribution is 0.341. The highest BCUT2D eigenvalue weighted by molar-refractivity contribution is 7.78. The summed E-state index contributed by atoms with van der Waals surface area (Å²) in [4.78, 5) is 0. The zero-order valence-electron chi connectivity index (χ0n) is 7.31. The molecular weight excluding hydrogens is 140 g/mol. The van der Waals surface area contributed by atoms with Gasteiger partial charge in [-0.15, -0.1) is 0 Å². The second-order valence-corrected chi connectivity index (χ2v) is 3.97. The van der Waals surface area contributed by atoms with Gasteiger partial charge in [0.2, 0.25) is 0 Å². The third kappa shape index (κ3) is 4.92. The van der Waals surface area contributed by atoms with Crippen molar-refractivity contribution < 1.29 is 0 Å². The van der Waals surface area contributed by atoms with Gasteiger partial charge >= 0.3 is 0 Å². The molecule has 0 fully saturated rings. The molecule has 60 valence electrons. The Balaban J connectivity index is 3.51. The Kier molecular flexibility index (Phi) is 4.88. The minimum atomic E-state index is 0.442. The Morgan fingerprint density at radius 2 is 2.00 bits per heavy atom. The maximum Gasteiger partial charge on any atom is -0.0194 e. The summed E-state index contributed by atoms with van der Waals surface area (Å²) in [5.41, 5.74) is 0.442. The van der Waals surface area contributed by atoms with Crippen LogP contribution in [0.1, 0.15) is 46.5 Å². The van der Waals surface area contributed by atoms with E-state index in [0.29, 0.717) is 5.41 Å². The van der Waals surface area contributed by atoms with Gasteiger partial charge in [-0.1, -0.05) is 45.8 Å². The van der Waals surface area contributed by atoms with E-state index in [0.717, 1.165) is 6.42 Å². The van der Waals surface area contributed by atoms with Crippen molar-refractivity contribution in [1.29, 1.82) is 0 Å². The number of thiocarbonyl (C=S) groups is 1. The van der Waals surface area contributed by atoms with Gasteiger partial charge in [0.25, 0.3) is 0 Å². The van der Waals surface area contributed by atoms with Crippen molar-refractivity contribution in [3.05, 3.63) is 0 Å². The Hall–Kier alpha value is 0.0900. The zero-order chi connectivity index (χ0) is 8.04. The molecule has 0 spiro atoms. The SMILES string of the molecule is CCCCC(C)(C)CC=S. The number of unbranched alkanes of at least 4 members (excludes halogenated alkanes) is 1. The van der Waals surface area contributed by atoms with Crippen LogP contribution in [0.2, 0.25) is 0 Å². The summed E-state index contributed by atoms with van der Waals surface area (Å²) < 4.78 is 0. The summed E-state index contributed by atoms with van der Waals surface area (Å²) in [6.07, 6.45) is 5.00. The van der Waals surface area contributed by atoms with E-state index in [2.05, 4.69) is 20.8 Å². The lowest BCUT2D eigenvalue weighted by Crippen LogP contribution is -2.10. The smallest absolute Gasteiger partial charge is 0.0194 e. The van der Waals surface area contributed by atoms with Crippen LogP contribution in [0.4, 0.5) is 0 Å². The fraction of sp³-hybridized carbons (Fsp3) is 0.889. The third-order valence-corrected chi connectivity index (χ3v) is 2.01. The second-order valence-electron chi connectivity index (χ2n) is 3.64. The van der Waals surface area contributed by atoms with Crippen molar-refractivity contribution in [3.8, 4) is 0 Å². The molecule has 0 aliphatic carbocycles. The fourth-order valence-corrected chi connectivity index (χ4v) is 1.43. The first kappa shape index (κ1) is 10.1. The van der Waals surface area contributed by atoms with E-state index in [1.165, 1.54) is 19.3 Å². The molecule has 0 aliphatic rings. The summed E-state index contributed by atoms with van der Waals surface area (Å²) >= 11 is 4.83. The average Bonchev–Trinajstić information content (AvgIpc) is 1.84. The molecule has 0 radical (unpaired) electrons. The van der Waals surface area contributed by atoms with E-state index in [-0.39, 0.29) is 0 Å². The summed E-state index contributed by atoms with van der Waals surface area (Å²) in [5, 5.41) is 1.86. The van der Waals surface area contributed by atoms with Gasteiger partial charge in [-0.25, -0.2) is 0 Å². The van der Waals surface area contributed by atoms with Gasteiger partial charge in [0.05, 0.1) is 0 Å². The molecule has 0 atom stereocenters. The summed E-state index contributed by atoms with van der Waals surface area (Å²) in [5.74, 6) is 0. The standard InChI is InChI=1S/C9H18S/c1-4-5-6-9(2,3)7-8-10/h8H,4-7H2,1-3H3. The monoisotopic (exact) mass is 158 g/mol. The molecule has 0 aromatic carbocycles. The van der Waals surface area contributed by atoms with Gasteiger partial charge in [0.1, 0.15) is 0 Å². The first-order valence-electron chi connectivity index (χ1n) is 4.06. The topological polar surface area (TPSA) is 0 Å². The molecule has 0 aliphatic heterocycles. The van der Waals surface area contributed by atoms with Crippen LogP contribution in [0.25, 0.3) is 0 Å². The van der Waals surface area contributed by atoms with Crippen LogP contribution >= 0.6 is 12.2 Å². The van der Waals surface area contributed by atoms with Crippen molar-refractivity contribution in [2.75, 3.05) is 0 Å². The van der Waals surface area contributed by atoms with Crippen molar-refractivity contribution in [3.63, 3.8) is 0 Å². The Labute approximate surface area is 70.0 Å². The zero-order valence-corrected chi connectivity index (χ0v) is 8.13. The molecule has 10 heavy (non-hydrogen) atoms. The molecule has 0 aromatic heterocycles. The van der Waals surface area contributed by atoms with Crippen LogP contribution in [0, 0.1) is 5.41 Å². The maximum atomic E-state index is 4.83. The van der Waals surface area contributed by atoms with Crippen molar-refractivity contribution >= 4 is 17.6 Å². The molecule has 0 rings (SSSR count). The largest absolute Gasteiger partial charge is 0.0935 e. The molecule has 0 N–H and O–H groups in total. The lowest BCUT2D eigenvalue weighted by Gasteiger charge is -2.21. The molecular formula is C9H18S. The molecule has 1 heteroatoms. The van der Waals surface area contributed by atoms with Gasteiger partial charge in [-0.3, -0.25) is 0 Å². The van der Waals surface area contributed by atoms with E-state index in [9.17, 15) is 0 Å². The minimum Gasteiger partial charge on any atom is -0.0935 e. The molecule has 0 saturated heterocycles. The lowest BCUT2D eigenvalue weighted by atomic mass is 9.85. The third-order valence-electron chi connectivity index (χ3n) is 1.84. The molecule has 0 aromatic rings. The molecule has 0 unspecified atom stereocenters. The Morgan fingerprint density at radius 1 is 1.40 bits per heavy atom. The highest BCUT2D eigenvalue weighted by Crippen LogP contribution is 2.25. The molecule has 0 heterocycles. The summed E-state index contributed by atoms with van der Waals surface area (Å²) in [6.45, 7) is 6.80. The van der Waals surface area contributed by atoms with Crippen molar-refractivity contribution in [2.24, 2.45) is 5.41 Å². The quantitative estimate of drug-likeness (QED) is 0.551. The summed E-state index contributed by atoms with van der Waals surface area (Å²) in [7, 11) is 0. The van der Waals surface area contributed by atoms with Gasteiger partial charge in [0, 0.05) is 0 Å². The van der Waals surface area contributed by atoms with Gasteiger partial charge in [-0.05, 0) is 23.6 Å². The second kappa shape index (κ2) is 4.84. The van der Waals surface area contributed by atoms with Gasteiger partial charge in [-0.2, -0.15) is 0 Å². The van der Waals surface area contributed by atoms with Crippen LogP contribution in [0.3, 0.4) is 0 Å². The number of hydrogen-bond acceptors (Lipinski definition) is 1. The molecule has 0 nitrogen and oxygen atoms in total. The van der Waals surface area contributed by atoms with E-state index in [1.807, 2.05) is 5.37 Å². The Bertz CT molecular complexity index is 94.9. The van der Waals surface area contributed by atoms with E-state index in [4.69, 9.17) is 12.2 Å². The van der Waals surface area contributed by atoms with Crippen molar-refractivity contribution in [1.82, 2.24) is 0 Å². The van der Waals surface area contributed by atoms with Crippen LogP contribution in [0.5, 0.6) is 0 Å². The first-order valence-corrected chi connectivity index (χ1v) is 4.53.